The molecule has 0 aromatic carbocycles. The Morgan fingerprint density at radius 1 is 1.31 bits per heavy atom. The fourth-order valence-corrected chi connectivity index (χ4v) is 1.46. The fraction of sp³-hybridized carbons (Fsp3) is 0.909. The molecule has 78 valence electrons. The summed E-state index contributed by atoms with van der Waals surface area (Å²) in [6.45, 7) is 9.46. The van der Waals surface area contributed by atoms with E-state index in [2.05, 4.69) is 20.8 Å². The molecule has 0 N–H and O–H groups in total. The Morgan fingerprint density at radius 3 is 2.31 bits per heavy atom. The Morgan fingerprint density at radius 2 is 1.92 bits per heavy atom. The second-order valence-corrected chi connectivity index (χ2v) is 3.86. The average molecular weight is 186 g/mol. The summed E-state index contributed by atoms with van der Waals surface area (Å²) in [5.74, 6) is 0.898. The van der Waals surface area contributed by atoms with E-state index in [1.165, 1.54) is 0 Å². The number of hydrogen-bond donors (Lipinski definition) is 0. The van der Waals surface area contributed by atoms with Gasteiger partial charge in [0, 0.05) is 19.1 Å². The molecule has 0 radical (unpaired) electrons. The standard InChI is InChI=1S/C11H22O2/c1-5-7-13-8-6-11(9(2)3)10(4)12/h9,11H,5-8H2,1-4H3. The molecule has 0 rings (SSSR count). The first-order valence-corrected chi connectivity index (χ1v) is 5.17. The number of ketones is 1. The van der Waals surface area contributed by atoms with E-state index in [0.29, 0.717) is 5.92 Å². The van der Waals surface area contributed by atoms with E-state index < -0.39 is 0 Å². The molecular formula is C11H22O2. The van der Waals surface area contributed by atoms with Crippen LogP contribution in [0.15, 0.2) is 0 Å². The van der Waals surface area contributed by atoms with Gasteiger partial charge in [-0.15, -0.1) is 0 Å². The van der Waals surface area contributed by atoms with Crippen LogP contribution >= 0.6 is 0 Å². The lowest BCUT2D eigenvalue weighted by molar-refractivity contribution is -0.122. The van der Waals surface area contributed by atoms with Crippen LogP contribution in [0, 0.1) is 11.8 Å². The molecule has 0 aliphatic carbocycles. The number of carbonyl (C=O) groups is 1. The number of carbonyl (C=O) groups excluding carboxylic acids is 1. The van der Waals surface area contributed by atoms with Crippen molar-refractivity contribution in [2.24, 2.45) is 11.8 Å². The van der Waals surface area contributed by atoms with Gasteiger partial charge in [-0.25, -0.2) is 0 Å². The van der Waals surface area contributed by atoms with E-state index >= 15 is 0 Å². The molecule has 2 heteroatoms. The lowest BCUT2D eigenvalue weighted by Crippen LogP contribution is -2.19. The van der Waals surface area contributed by atoms with Crippen LogP contribution in [0.25, 0.3) is 0 Å². The van der Waals surface area contributed by atoms with Crippen LogP contribution in [0.4, 0.5) is 0 Å². The largest absolute Gasteiger partial charge is 0.381 e. The average Bonchev–Trinajstić information content (AvgIpc) is 2.02. The van der Waals surface area contributed by atoms with E-state index in [1.54, 1.807) is 6.92 Å². The molecule has 0 saturated carbocycles. The summed E-state index contributed by atoms with van der Waals surface area (Å²) in [6, 6.07) is 0. The van der Waals surface area contributed by atoms with Crippen molar-refractivity contribution in [2.75, 3.05) is 13.2 Å². The van der Waals surface area contributed by atoms with Crippen molar-refractivity contribution in [2.45, 2.75) is 40.5 Å². The first kappa shape index (κ1) is 12.6. The molecule has 0 bridgehead atoms. The molecule has 0 saturated heterocycles. The second-order valence-electron chi connectivity index (χ2n) is 3.86. The Kier molecular flexibility index (Phi) is 6.87. The minimum absolute atomic E-state index is 0.178. The monoisotopic (exact) mass is 186 g/mol. The Labute approximate surface area is 81.7 Å². The van der Waals surface area contributed by atoms with Gasteiger partial charge >= 0.3 is 0 Å². The van der Waals surface area contributed by atoms with Gasteiger partial charge in [0.25, 0.3) is 0 Å². The fourth-order valence-electron chi connectivity index (χ4n) is 1.46. The Hall–Kier alpha value is -0.370. The highest BCUT2D eigenvalue weighted by Crippen LogP contribution is 2.16. The van der Waals surface area contributed by atoms with Crippen LogP contribution < -0.4 is 0 Å². The SMILES string of the molecule is CCCOCCC(C(C)=O)C(C)C. The number of rotatable bonds is 7. The summed E-state index contributed by atoms with van der Waals surface area (Å²) in [5, 5.41) is 0. The van der Waals surface area contributed by atoms with Gasteiger partial charge in [0.15, 0.2) is 0 Å². The number of hydrogen-bond acceptors (Lipinski definition) is 2. The van der Waals surface area contributed by atoms with Crippen molar-refractivity contribution >= 4 is 5.78 Å². The molecule has 0 aliphatic rings. The van der Waals surface area contributed by atoms with Gasteiger partial charge in [0.05, 0.1) is 0 Å². The second kappa shape index (κ2) is 7.07. The highest BCUT2D eigenvalue weighted by Gasteiger charge is 2.17. The van der Waals surface area contributed by atoms with Gasteiger partial charge in [-0.2, -0.15) is 0 Å². The molecule has 0 aromatic heterocycles. The van der Waals surface area contributed by atoms with Crippen LogP contribution in [0.1, 0.15) is 40.5 Å². The number of ether oxygens (including phenoxy) is 1. The third-order valence-corrected chi connectivity index (χ3v) is 2.25. The zero-order valence-electron chi connectivity index (χ0n) is 9.30. The third-order valence-electron chi connectivity index (χ3n) is 2.25. The third kappa shape index (κ3) is 5.81. The lowest BCUT2D eigenvalue weighted by atomic mass is 9.89. The highest BCUT2D eigenvalue weighted by atomic mass is 16.5. The van der Waals surface area contributed by atoms with Gasteiger partial charge in [0.2, 0.25) is 0 Å². The van der Waals surface area contributed by atoms with Crippen molar-refractivity contribution in [3.63, 3.8) is 0 Å². The summed E-state index contributed by atoms with van der Waals surface area (Å²) >= 11 is 0. The molecule has 0 aliphatic heterocycles. The van der Waals surface area contributed by atoms with Crippen LogP contribution in [0.5, 0.6) is 0 Å². The summed E-state index contributed by atoms with van der Waals surface area (Å²) in [6.07, 6.45) is 1.92. The van der Waals surface area contributed by atoms with Crippen molar-refractivity contribution in [1.29, 1.82) is 0 Å². The summed E-state index contributed by atoms with van der Waals surface area (Å²) < 4.78 is 5.36. The first-order valence-electron chi connectivity index (χ1n) is 5.17. The number of Topliss-reactive ketones (excluding diaryl/α,β-unsaturated/α-hetero) is 1. The molecular weight excluding hydrogens is 164 g/mol. The molecule has 1 unspecified atom stereocenters. The van der Waals surface area contributed by atoms with E-state index in [-0.39, 0.29) is 11.7 Å². The van der Waals surface area contributed by atoms with Gasteiger partial charge in [-0.1, -0.05) is 20.8 Å². The van der Waals surface area contributed by atoms with Gasteiger partial charge in [-0.05, 0) is 25.7 Å². The summed E-state index contributed by atoms with van der Waals surface area (Å²) in [7, 11) is 0. The van der Waals surface area contributed by atoms with Crippen molar-refractivity contribution in [1.82, 2.24) is 0 Å². The Balaban J connectivity index is 3.64. The quantitative estimate of drug-likeness (QED) is 0.571. The molecule has 2 nitrogen and oxygen atoms in total. The summed E-state index contributed by atoms with van der Waals surface area (Å²) in [4.78, 5) is 11.2. The van der Waals surface area contributed by atoms with Crippen LogP contribution in [0.2, 0.25) is 0 Å². The van der Waals surface area contributed by atoms with Gasteiger partial charge < -0.3 is 4.74 Å². The molecule has 1 atom stereocenters. The first-order chi connectivity index (χ1) is 6.09. The smallest absolute Gasteiger partial charge is 0.133 e. The van der Waals surface area contributed by atoms with E-state index in [9.17, 15) is 4.79 Å². The van der Waals surface area contributed by atoms with Crippen molar-refractivity contribution < 1.29 is 9.53 Å². The molecule has 13 heavy (non-hydrogen) atoms. The zero-order valence-corrected chi connectivity index (χ0v) is 9.30. The Bertz CT molecular complexity index is 141. The van der Waals surface area contributed by atoms with E-state index in [4.69, 9.17) is 4.74 Å². The maximum atomic E-state index is 11.2. The molecule has 0 heterocycles. The van der Waals surface area contributed by atoms with Gasteiger partial charge in [0.1, 0.15) is 5.78 Å². The molecule has 0 aromatic rings. The molecule has 0 fully saturated rings. The minimum Gasteiger partial charge on any atom is -0.381 e. The van der Waals surface area contributed by atoms with Crippen LogP contribution in [-0.2, 0) is 9.53 Å². The lowest BCUT2D eigenvalue weighted by Gasteiger charge is -2.17. The van der Waals surface area contributed by atoms with Crippen molar-refractivity contribution in [3.05, 3.63) is 0 Å². The normalized spacial score (nSPS) is 13.3. The van der Waals surface area contributed by atoms with Crippen LogP contribution in [-0.4, -0.2) is 19.0 Å². The molecule has 0 amide bonds. The minimum atomic E-state index is 0.178. The van der Waals surface area contributed by atoms with E-state index in [1.807, 2.05) is 0 Å². The van der Waals surface area contributed by atoms with Crippen LogP contribution in [0.3, 0.4) is 0 Å². The zero-order chi connectivity index (χ0) is 10.3. The molecule has 0 spiro atoms. The maximum Gasteiger partial charge on any atom is 0.133 e. The van der Waals surface area contributed by atoms with Gasteiger partial charge in [-0.3, -0.25) is 4.79 Å². The topological polar surface area (TPSA) is 26.3 Å². The maximum absolute atomic E-state index is 11.2. The predicted molar refractivity (Wildman–Crippen MR) is 54.7 cm³/mol. The highest BCUT2D eigenvalue weighted by molar-refractivity contribution is 5.78. The van der Waals surface area contributed by atoms with E-state index in [0.717, 1.165) is 26.1 Å². The van der Waals surface area contributed by atoms with Crippen molar-refractivity contribution in [3.8, 4) is 0 Å². The predicted octanol–water partition coefficient (Wildman–Crippen LogP) is 2.66. The summed E-state index contributed by atoms with van der Waals surface area (Å²) in [5.41, 5.74) is 0.